The normalized spacial score (nSPS) is 18.3. The van der Waals surface area contributed by atoms with Crippen LogP contribution in [0.4, 0.5) is 4.39 Å². The molecular formula is C20H26ClFN4O2. The second kappa shape index (κ2) is 8.57. The summed E-state index contributed by atoms with van der Waals surface area (Å²) in [5.74, 6) is 0.601. The molecule has 6 nitrogen and oxygen atoms in total. The molecule has 1 aromatic heterocycles. The Labute approximate surface area is 170 Å². The molecule has 1 aromatic carbocycles. The van der Waals surface area contributed by atoms with Crippen LogP contribution in [0.25, 0.3) is 11.4 Å². The second-order valence-electron chi connectivity index (χ2n) is 7.78. The fourth-order valence-electron chi connectivity index (χ4n) is 4.03. The summed E-state index contributed by atoms with van der Waals surface area (Å²) in [6, 6.07) is 4.85. The molecule has 0 atom stereocenters. The smallest absolute Gasteiger partial charge is 0.227 e. The van der Waals surface area contributed by atoms with E-state index in [0.717, 1.165) is 39.0 Å². The summed E-state index contributed by atoms with van der Waals surface area (Å²) in [5, 5.41) is 7.35. The number of benzene rings is 1. The predicted molar refractivity (Wildman–Crippen MR) is 106 cm³/mol. The predicted octanol–water partition coefficient (Wildman–Crippen LogP) is 3.14. The molecular weight excluding hydrogens is 383 g/mol. The van der Waals surface area contributed by atoms with E-state index in [9.17, 15) is 9.18 Å². The Morgan fingerprint density at radius 2 is 2.11 bits per heavy atom. The monoisotopic (exact) mass is 408 g/mol. The van der Waals surface area contributed by atoms with Crippen LogP contribution >= 0.6 is 12.4 Å². The van der Waals surface area contributed by atoms with Gasteiger partial charge < -0.3 is 14.7 Å². The zero-order valence-corrected chi connectivity index (χ0v) is 16.9. The van der Waals surface area contributed by atoms with Crippen LogP contribution < -0.4 is 5.32 Å². The number of likely N-dealkylation sites (tertiary alicyclic amines) is 1. The molecule has 0 saturated carbocycles. The Morgan fingerprint density at radius 3 is 2.79 bits per heavy atom. The zero-order chi connectivity index (χ0) is 18.9. The van der Waals surface area contributed by atoms with E-state index in [0.29, 0.717) is 41.1 Å². The minimum absolute atomic E-state index is 0. The van der Waals surface area contributed by atoms with Crippen molar-refractivity contribution >= 4 is 18.3 Å². The van der Waals surface area contributed by atoms with Gasteiger partial charge in [-0.3, -0.25) is 4.79 Å². The molecule has 1 amide bonds. The van der Waals surface area contributed by atoms with E-state index >= 15 is 0 Å². The van der Waals surface area contributed by atoms with Gasteiger partial charge in [0.15, 0.2) is 0 Å². The van der Waals surface area contributed by atoms with Crippen molar-refractivity contribution in [3.8, 4) is 11.4 Å². The minimum atomic E-state index is -0.297. The number of aryl methyl sites for hydroxylation is 2. The first-order valence-electron chi connectivity index (χ1n) is 9.62. The van der Waals surface area contributed by atoms with E-state index in [4.69, 9.17) is 4.52 Å². The third-order valence-corrected chi connectivity index (χ3v) is 5.96. The molecule has 0 aliphatic carbocycles. The van der Waals surface area contributed by atoms with E-state index in [1.54, 1.807) is 19.1 Å². The minimum Gasteiger partial charge on any atom is -0.343 e. The van der Waals surface area contributed by atoms with Gasteiger partial charge >= 0.3 is 0 Å². The van der Waals surface area contributed by atoms with Gasteiger partial charge in [0.1, 0.15) is 5.82 Å². The first-order chi connectivity index (χ1) is 13.0. The number of nitrogens with one attached hydrogen (secondary N) is 1. The van der Waals surface area contributed by atoms with E-state index in [1.807, 2.05) is 4.90 Å². The van der Waals surface area contributed by atoms with Crippen molar-refractivity contribution in [2.45, 2.75) is 39.0 Å². The number of rotatable bonds is 4. The number of piperidine rings is 1. The first-order valence-corrected chi connectivity index (χ1v) is 9.62. The lowest BCUT2D eigenvalue weighted by Gasteiger charge is -2.38. The lowest BCUT2D eigenvalue weighted by molar-refractivity contribution is -0.133. The van der Waals surface area contributed by atoms with Crippen LogP contribution in [-0.4, -0.2) is 47.1 Å². The average Bonchev–Trinajstić information content (AvgIpc) is 3.33. The Kier molecular flexibility index (Phi) is 6.35. The van der Waals surface area contributed by atoms with E-state index < -0.39 is 0 Å². The van der Waals surface area contributed by atoms with Crippen molar-refractivity contribution in [2.24, 2.45) is 5.41 Å². The number of halogens is 2. The molecule has 2 aliphatic rings. The largest absolute Gasteiger partial charge is 0.343 e. The fourth-order valence-corrected chi connectivity index (χ4v) is 4.03. The highest BCUT2D eigenvalue weighted by atomic mass is 35.5. The van der Waals surface area contributed by atoms with Gasteiger partial charge in [-0.2, -0.15) is 4.98 Å². The summed E-state index contributed by atoms with van der Waals surface area (Å²) in [5.41, 5.74) is 1.55. The van der Waals surface area contributed by atoms with Crippen LogP contribution in [0.2, 0.25) is 0 Å². The number of carbonyl (C=O) groups is 1. The molecule has 3 heterocycles. The number of aromatic nitrogens is 2. The number of nitrogens with zero attached hydrogens (tertiary/aromatic N) is 3. The highest BCUT2D eigenvalue weighted by molar-refractivity contribution is 5.85. The summed E-state index contributed by atoms with van der Waals surface area (Å²) >= 11 is 0. The zero-order valence-electron chi connectivity index (χ0n) is 16.0. The highest BCUT2D eigenvalue weighted by Crippen LogP contribution is 2.37. The molecule has 0 radical (unpaired) electrons. The lowest BCUT2D eigenvalue weighted by Crippen LogP contribution is -2.44. The quantitative estimate of drug-likeness (QED) is 0.841. The maximum absolute atomic E-state index is 13.7. The summed E-state index contributed by atoms with van der Waals surface area (Å²) in [6.45, 7) is 5.55. The molecule has 28 heavy (non-hydrogen) atoms. The second-order valence-corrected chi connectivity index (χ2v) is 7.78. The van der Waals surface area contributed by atoms with Gasteiger partial charge in [-0.15, -0.1) is 12.4 Å². The molecule has 2 aliphatic heterocycles. The Balaban J connectivity index is 0.00000225. The number of hydrogen-bond donors (Lipinski definition) is 1. The van der Waals surface area contributed by atoms with Crippen molar-refractivity contribution in [3.63, 3.8) is 0 Å². The summed E-state index contributed by atoms with van der Waals surface area (Å²) in [6.07, 6.45) is 4.14. The fraction of sp³-hybridized carbons (Fsp3) is 0.550. The number of carbonyl (C=O) groups excluding carboxylic acids is 1. The average molecular weight is 409 g/mol. The molecule has 2 fully saturated rings. The molecule has 4 rings (SSSR count). The van der Waals surface area contributed by atoms with Gasteiger partial charge in [0, 0.05) is 38.0 Å². The van der Waals surface area contributed by atoms with Crippen LogP contribution in [0.3, 0.4) is 0 Å². The Bertz CT molecular complexity index is 825. The summed E-state index contributed by atoms with van der Waals surface area (Å²) in [7, 11) is 0. The Morgan fingerprint density at radius 1 is 1.32 bits per heavy atom. The van der Waals surface area contributed by atoms with Crippen molar-refractivity contribution in [3.05, 3.63) is 35.5 Å². The van der Waals surface area contributed by atoms with Gasteiger partial charge in [-0.1, -0.05) is 17.3 Å². The molecule has 2 aromatic rings. The SMILES string of the molecule is Cc1ccc(-c2noc(CCC(=O)N3CCC4(CCNC4)CC3)n2)cc1F.Cl. The van der Waals surface area contributed by atoms with Gasteiger partial charge in [0.2, 0.25) is 17.6 Å². The molecule has 0 bridgehead atoms. The topological polar surface area (TPSA) is 71.3 Å². The van der Waals surface area contributed by atoms with E-state index in [1.165, 1.54) is 12.5 Å². The van der Waals surface area contributed by atoms with Crippen molar-refractivity contribution < 1.29 is 13.7 Å². The van der Waals surface area contributed by atoms with Gasteiger partial charge in [0.05, 0.1) is 0 Å². The van der Waals surface area contributed by atoms with E-state index in [2.05, 4.69) is 15.5 Å². The highest BCUT2D eigenvalue weighted by Gasteiger charge is 2.37. The van der Waals surface area contributed by atoms with Crippen molar-refractivity contribution in [1.29, 1.82) is 0 Å². The Hall–Kier alpha value is -1.99. The van der Waals surface area contributed by atoms with Crippen molar-refractivity contribution in [2.75, 3.05) is 26.2 Å². The van der Waals surface area contributed by atoms with Crippen LogP contribution in [0.15, 0.2) is 22.7 Å². The molecule has 1 N–H and O–H groups in total. The molecule has 2 saturated heterocycles. The molecule has 1 spiro atoms. The van der Waals surface area contributed by atoms with E-state index in [-0.39, 0.29) is 24.1 Å². The summed E-state index contributed by atoms with van der Waals surface area (Å²) < 4.78 is 18.9. The molecule has 152 valence electrons. The van der Waals surface area contributed by atoms with Gasteiger partial charge in [-0.05, 0) is 49.8 Å². The van der Waals surface area contributed by atoms with Crippen LogP contribution in [0.5, 0.6) is 0 Å². The lowest BCUT2D eigenvalue weighted by atomic mass is 9.78. The molecule has 0 unspecified atom stereocenters. The third-order valence-electron chi connectivity index (χ3n) is 5.96. The number of hydrogen-bond acceptors (Lipinski definition) is 5. The van der Waals surface area contributed by atoms with Crippen LogP contribution in [0, 0.1) is 18.2 Å². The maximum atomic E-state index is 13.7. The maximum Gasteiger partial charge on any atom is 0.227 e. The van der Waals surface area contributed by atoms with Crippen LogP contribution in [0.1, 0.15) is 37.1 Å². The van der Waals surface area contributed by atoms with Gasteiger partial charge in [-0.25, -0.2) is 4.39 Å². The number of amides is 1. The third kappa shape index (κ3) is 4.36. The van der Waals surface area contributed by atoms with Gasteiger partial charge in [0.25, 0.3) is 0 Å². The standard InChI is InChI=1S/C20H25FN4O2.ClH/c1-14-2-3-15(12-16(14)21)19-23-17(27-24-19)4-5-18(26)25-10-7-20(8-11-25)6-9-22-13-20;/h2-3,12,22H,4-11,13H2,1H3;1H. The van der Waals surface area contributed by atoms with Crippen LogP contribution in [-0.2, 0) is 11.2 Å². The first kappa shape index (κ1) is 20.7. The van der Waals surface area contributed by atoms with Crippen molar-refractivity contribution in [1.82, 2.24) is 20.4 Å². The summed E-state index contributed by atoms with van der Waals surface area (Å²) in [4.78, 5) is 18.8. The molecule has 8 heteroatoms.